The van der Waals surface area contributed by atoms with E-state index < -0.39 is 0 Å². The second-order valence-corrected chi connectivity index (χ2v) is 6.02. The molecule has 4 rings (SSSR count). The summed E-state index contributed by atoms with van der Waals surface area (Å²) in [6, 6.07) is 17.0. The fraction of sp³-hybridized carbons (Fsp3) is 0.263. The molecule has 1 aromatic carbocycles. The Labute approximate surface area is 136 Å². The second kappa shape index (κ2) is 5.97. The average Bonchev–Trinajstić information content (AvgIpc) is 3.04. The number of fused-ring (bicyclic) bond motifs is 1. The van der Waals surface area contributed by atoms with E-state index in [-0.39, 0.29) is 0 Å². The Bertz CT molecular complexity index is 780. The van der Waals surface area contributed by atoms with E-state index in [1.54, 1.807) is 0 Å². The molecule has 4 nitrogen and oxygen atoms in total. The number of nitrogens with zero attached hydrogens (tertiary/aromatic N) is 4. The van der Waals surface area contributed by atoms with Gasteiger partial charge in [0, 0.05) is 25.7 Å². The van der Waals surface area contributed by atoms with E-state index in [9.17, 15) is 0 Å². The normalized spacial score (nSPS) is 17.9. The molecule has 4 heteroatoms. The molecule has 0 saturated carbocycles. The van der Waals surface area contributed by atoms with Crippen molar-refractivity contribution in [2.24, 2.45) is 0 Å². The van der Waals surface area contributed by atoms with E-state index in [0.717, 1.165) is 25.3 Å². The highest BCUT2D eigenvalue weighted by Gasteiger charge is 2.28. The minimum Gasteiger partial charge on any atom is -0.290 e. The van der Waals surface area contributed by atoms with E-state index in [2.05, 4.69) is 56.7 Å². The van der Waals surface area contributed by atoms with Crippen LogP contribution in [0.3, 0.4) is 0 Å². The maximum atomic E-state index is 4.69. The van der Waals surface area contributed by atoms with Crippen LogP contribution in [0.25, 0.3) is 5.82 Å². The lowest BCUT2D eigenvalue weighted by Crippen LogP contribution is -2.34. The Hall–Kier alpha value is -2.46. The number of hydrogen-bond donors (Lipinski definition) is 0. The molecular weight excluding hydrogens is 284 g/mol. The molecule has 0 aliphatic carbocycles. The van der Waals surface area contributed by atoms with Crippen LogP contribution in [0.5, 0.6) is 0 Å². The summed E-state index contributed by atoms with van der Waals surface area (Å²) in [5, 5.41) is 0. The van der Waals surface area contributed by atoms with Gasteiger partial charge < -0.3 is 0 Å². The van der Waals surface area contributed by atoms with Crippen molar-refractivity contribution >= 4 is 0 Å². The average molecular weight is 304 g/mol. The maximum absolute atomic E-state index is 4.69. The van der Waals surface area contributed by atoms with E-state index in [0.29, 0.717) is 6.04 Å². The van der Waals surface area contributed by atoms with Gasteiger partial charge in [-0.3, -0.25) is 9.47 Å². The molecule has 0 bridgehead atoms. The van der Waals surface area contributed by atoms with Gasteiger partial charge in [-0.1, -0.05) is 36.4 Å². The summed E-state index contributed by atoms with van der Waals surface area (Å²) in [7, 11) is 0. The summed E-state index contributed by atoms with van der Waals surface area (Å²) >= 11 is 0. The molecule has 3 aromatic rings. The Morgan fingerprint density at radius 1 is 1.04 bits per heavy atom. The van der Waals surface area contributed by atoms with Crippen LogP contribution in [0.4, 0.5) is 0 Å². The van der Waals surface area contributed by atoms with Gasteiger partial charge in [-0.15, -0.1) is 0 Å². The zero-order valence-corrected chi connectivity index (χ0v) is 13.3. The molecule has 0 unspecified atom stereocenters. The minimum absolute atomic E-state index is 0.323. The summed E-state index contributed by atoms with van der Waals surface area (Å²) in [4.78, 5) is 11.6. The summed E-state index contributed by atoms with van der Waals surface area (Å²) in [6.45, 7) is 4.26. The fourth-order valence-electron chi connectivity index (χ4n) is 3.33. The van der Waals surface area contributed by atoms with Gasteiger partial charge in [0.15, 0.2) is 0 Å². The zero-order valence-electron chi connectivity index (χ0n) is 13.3. The first-order valence-corrected chi connectivity index (χ1v) is 8.08. The first kappa shape index (κ1) is 14.2. The Kier molecular flexibility index (Phi) is 3.67. The molecule has 0 N–H and O–H groups in total. The third-order valence-electron chi connectivity index (χ3n) is 4.60. The van der Waals surface area contributed by atoms with Crippen molar-refractivity contribution in [2.45, 2.75) is 25.9 Å². The molecular formula is C19H20N4. The van der Waals surface area contributed by atoms with Crippen molar-refractivity contribution < 1.29 is 0 Å². The lowest BCUT2D eigenvalue weighted by Gasteiger charge is -2.33. The van der Waals surface area contributed by atoms with Gasteiger partial charge in [-0.2, -0.15) is 0 Å². The molecule has 0 amide bonds. The Balaban J connectivity index is 1.61. The van der Waals surface area contributed by atoms with Crippen molar-refractivity contribution in [3.8, 4) is 5.82 Å². The topological polar surface area (TPSA) is 34.0 Å². The van der Waals surface area contributed by atoms with Crippen LogP contribution in [-0.2, 0) is 13.0 Å². The summed E-state index contributed by atoms with van der Waals surface area (Å²) in [6.07, 6.45) is 4.74. The van der Waals surface area contributed by atoms with Gasteiger partial charge in [-0.25, -0.2) is 9.97 Å². The Morgan fingerprint density at radius 3 is 2.65 bits per heavy atom. The summed E-state index contributed by atoms with van der Waals surface area (Å²) in [5.41, 5.74) is 3.82. The second-order valence-electron chi connectivity index (χ2n) is 6.02. The highest BCUT2D eigenvalue weighted by Crippen LogP contribution is 2.30. The molecule has 0 fully saturated rings. The SMILES string of the molecule is C[C@H]1c2ncn(-c3ccccn3)c2CCN1Cc1ccccc1. The lowest BCUT2D eigenvalue weighted by atomic mass is 10.0. The zero-order chi connectivity index (χ0) is 15.6. The van der Waals surface area contributed by atoms with Gasteiger partial charge in [0.25, 0.3) is 0 Å². The van der Waals surface area contributed by atoms with Crippen LogP contribution in [-0.4, -0.2) is 26.0 Å². The summed E-state index contributed by atoms with van der Waals surface area (Å²) < 4.78 is 2.13. The molecule has 116 valence electrons. The smallest absolute Gasteiger partial charge is 0.138 e. The van der Waals surface area contributed by atoms with Crippen molar-refractivity contribution in [1.82, 2.24) is 19.4 Å². The van der Waals surface area contributed by atoms with Crippen LogP contribution in [0.2, 0.25) is 0 Å². The third kappa shape index (κ3) is 2.66. The van der Waals surface area contributed by atoms with Gasteiger partial charge in [0.05, 0.1) is 17.4 Å². The fourth-order valence-corrected chi connectivity index (χ4v) is 3.33. The largest absolute Gasteiger partial charge is 0.290 e. The first-order chi connectivity index (χ1) is 11.3. The number of hydrogen-bond acceptors (Lipinski definition) is 3. The van der Waals surface area contributed by atoms with Crippen molar-refractivity contribution in [2.75, 3.05) is 6.54 Å². The number of benzene rings is 1. The van der Waals surface area contributed by atoms with Gasteiger partial charge >= 0.3 is 0 Å². The van der Waals surface area contributed by atoms with Crippen LogP contribution in [0.1, 0.15) is 29.9 Å². The molecule has 0 radical (unpaired) electrons. The number of imidazole rings is 1. The molecule has 1 aliphatic rings. The van der Waals surface area contributed by atoms with Crippen molar-refractivity contribution in [3.63, 3.8) is 0 Å². The quantitative estimate of drug-likeness (QED) is 0.744. The molecule has 0 saturated heterocycles. The predicted molar refractivity (Wildman–Crippen MR) is 90.3 cm³/mol. The number of rotatable bonds is 3. The van der Waals surface area contributed by atoms with Crippen molar-refractivity contribution in [3.05, 3.63) is 78.0 Å². The third-order valence-corrected chi connectivity index (χ3v) is 4.60. The molecule has 2 aromatic heterocycles. The molecule has 0 spiro atoms. The standard InChI is InChI=1S/C19H20N4/c1-15-19-17(23(14-21-19)18-9-5-6-11-20-18)10-12-22(15)13-16-7-3-2-4-8-16/h2-9,11,14-15H,10,12-13H2,1H3/t15-/m0/s1. The van der Waals surface area contributed by atoms with E-state index >= 15 is 0 Å². The van der Waals surface area contributed by atoms with E-state index in [1.165, 1.54) is 17.0 Å². The molecule has 1 atom stereocenters. The van der Waals surface area contributed by atoms with Gasteiger partial charge in [0.2, 0.25) is 0 Å². The van der Waals surface area contributed by atoms with Crippen LogP contribution in [0.15, 0.2) is 61.1 Å². The maximum Gasteiger partial charge on any atom is 0.138 e. The van der Waals surface area contributed by atoms with E-state index in [1.807, 2.05) is 30.7 Å². The Morgan fingerprint density at radius 2 is 1.87 bits per heavy atom. The van der Waals surface area contributed by atoms with Crippen LogP contribution < -0.4 is 0 Å². The monoisotopic (exact) mass is 304 g/mol. The molecule has 3 heterocycles. The van der Waals surface area contributed by atoms with Crippen LogP contribution >= 0.6 is 0 Å². The molecule has 1 aliphatic heterocycles. The highest BCUT2D eigenvalue weighted by atomic mass is 15.2. The number of aromatic nitrogens is 3. The lowest BCUT2D eigenvalue weighted by molar-refractivity contribution is 0.185. The summed E-state index contributed by atoms with van der Waals surface area (Å²) in [5.74, 6) is 0.949. The van der Waals surface area contributed by atoms with Crippen LogP contribution in [0, 0.1) is 0 Å². The first-order valence-electron chi connectivity index (χ1n) is 8.08. The number of pyridine rings is 1. The minimum atomic E-state index is 0.323. The van der Waals surface area contributed by atoms with Gasteiger partial charge in [-0.05, 0) is 24.6 Å². The highest BCUT2D eigenvalue weighted by molar-refractivity contribution is 5.31. The van der Waals surface area contributed by atoms with Gasteiger partial charge in [0.1, 0.15) is 12.1 Å². The predicted octanol–water partition coefficient (Wildman–Crippen LogP) is 3.39. The van der Waals surface area contributed by atoms with E-state index in [4.69, 9.17) is 0 Å². The molecule has 23 heavy (non-hydrogen) atoms. The van der Waals surface area contributed by atoms with Crippen molar-refractivity contribution in [1.29, 1.82) is 0 Å².